The van der Waals surface area contributed by atoms with Crippen molar-refractivity contribution in [3.05, 3.63) is 119 Å². The van der Waals surface area contributed by atoms with Crippen molar-refractivity contribution in [3.63, 3.8) is 0 Å². The summed E-state index contributed by atoms with van der Waals surface area (Å²) in [6, 6.07) is 14.2. The Morgan fingerprint density at radius 2 is 0.607 bits per heavy atom. The SMILES string of the molecule is FC(F)=C(c1ccc(F)cc1)c1ccc(C(=C(F)F)c2ccc(F)cc2)cc1. The van der Waals surface area contributed by atoms with Crippen LogP contribution in [0.1, 0.15) is 22.3 Å². The molecule has 0 fully saturated rings. The lowest BCUT2D eigenvalue weighted by molar-refractivity contribution is 0.425. The van der Waals surface area contributed by atoms with Gasteiger partial charge in [-0.05, 0) is 46.5 Å². The zero-order valence-corrected chi connectivity index (χ0v) is 14.2. The summed E-state index contributed by atoms with van der Waals surface area (Å²) < 4.78 is 80.0. The molecular formula is C22H12F6. The number of hydrogen-bond acceptors (Lipinski definition) is 0. The standard InChI is InChI=1S/C22H12F6/c23-17-9-5-15(6-10-17)19(21(25)26)13-1-2-14(4-3-13)20(22(27)28)16-7-11-18(24)12-8-16/h1-12H. The van der Waals surface area contributed by atoms with Gasteiger partial charge in [-0.15, -0.1) is 0 Å². The largest absolute Gasteiger partial charge is 0.278 e. The summed E-state index contributed by atoms with van der Waals surface area (Å²) in [5.41, 5.74) is -0.458. The van der Waals surface area contributed by atoms with E-state index in [0.29, 0.717) is 0 Å². The highest BCUT2D eigenvalue weighted by atomic mass is 19.3. The van der Waals surface area contributed by atoms with Crippen molar-refractivity contribution in [2.24, 2.45) is 0 Å². The Hall–Kier alpha value is -3.28. The van der Waals surface area contributed by atoms with E-state index < -0.39 is 34.9 Å². The summed E-state index contributed by atoms with van der Waals surface area (Å²) >= 11 is 0. The van der Waals surface area contributed by atoms with E-state index >= 15 is 0 Å². The molecule has 28 heavy (non-hydrogen) atoms. The third-order valence-electron chi connectivity index (χ3n) is 4.11. The molecular weight excluding hydrogens is 378 g/mol. The Bertz CT molecular complexity index is 935. The van der Waals surface area contributed by atoms with E-state index in [9.17, 15) is 26.3 Å². The molecule has 0 amide bonds. The smallest absolute Gasteiger partial charge is 0.207 e. The molecule has 142 valence electrons. The molecule has 0 saturated heterocycles. The van der Waals surface area contributed by atoms with Gasteiger partial charge in [-0.1, -0.05) is 48.5 Å². The minimum Gasteiger partial charge on any atom is -0.207 e. The molecule has 0 bridgehead atoms. The maximum Gasteiger partial charge on any atom is 0.278 e. The third kappa shape index (κ3) is 4.17. The summed E-state index contributed by atoms with van der Waals surface area (Å²) in [5.74, 6) is -1.13. The topological polar surface area (TPSA) is 0 Å². The fraction of sp³-hybridized carbons (Fsp3) is 0. The van der Waals surface area contributed by atoms with Gasteiger partial charge in [0.1, 0.15) is 11.6 Å². The third-order valence-corrected chi connectivity index (χ3v) is 4.11. The summed E-state index contributed by atoms with van der Waals surface area (Å²) in [4.78, 5) is 0. The van der Waals surface area contributed by atoms with Gasteiger partial charge in [0.25, 0.3) is 12.2 Å². The first-order valence-electron chi connectivity index (χ1n) is 8.10. The monoisotopic (exact) mass is 390 g/mol. The van der Waals surface area contributed by atoms with Gasteiger partial charge in [0.2, 0.25) is 0 Å². The summed E-state index contributed by atoms with van der Waals surface area (Å²) in [5, 5.41) is 0. The van der Waals surface area contributed by atoms with E-state index in [1.807, 2.05) is 0 Å². The first-order valence-corrected chi connectivity index (χ1v) is 8.10. The second-order valence-electron chi connectivity index (χ2n) is 5.86. The van der Waals surface area contributed by atoms with Crippen LogP contribution in [0, 0.1) is 11.6 Å². The van der Waals surface area contributed by atoms with Crippen LogP contribution >= 0.6 is 0 Å². The molecule has 0 aliphatic rings. The Labute approximate surface area is 157 Å². The Balaban J connectivity index is 2.02. The molecule has 0 atom stereocenters. The summed E-state index contributed by atoms with van der Waals surface area (Å²) in [6.07, 6.45) is -3.96. The molecule has 0 radical (unpaired) electrons. The van der Waals surface area contributed by atoms with Crippen LogP contribution in [0.3, 0.4) is 0 Å². The lowest BCUT2D eigenvalue weighted by Crippen LogP contribution is -1.94. The number of halogens is 6. The van der Waals surface area contributed by atoms with Crippen LogP contribution in [0.2, 0.25) is 0 Å². The normalized spacial score (nSPS) is 10.5. The molecule has 0 aromatic heterocycles. The maximum absolute atomic E-state index is 13.5. The fourth-order valence-electron chi connectivity index (χ4n) is 2.81. The lowest BCUT2D eigenvalue weighted by atomic mass is 9.94. The van der Waals surface area contributed by atoms with Crippen LogP contribution < -0.4 is 0 Å². The molecule has 0 N–H and O–H groups in total. The molecule has 0 nitrogen and oxygen atoms in total. The quantitative estimate of drug-likeness (QED) is 0.411. The Morgan fingerprint density at radius 3 is 0.821 bits per heavy atom. The predicted octanol–water partition coefficient (Wildman–Crippen LogP) is 7.28. The highest BCUT2D eigenvalue weighted by molar-refractivity contribution is 5.84. The molecule has 0 saturated carbocycles. The van der Waals surface area contributed by atoms with Crippen LogP contribution in [0.5, 0.6) is 0 Å². The number of rotatable bonds is 4. The van der Waals surface area contributed by atoms with E-state index in [2.05, 4.69) is 0 Å². The van der Waals surface area contributed by atoms with E-state index in [4.69, 9.17) is 0 Å². The van der Waals surface area contributed by atoms with Crippen molar-refractivity contribution in [2.45, 2.75) is 0 Å². The highest BCUT2D eigenvalue weighted by Crippen LogP contribution is 2.32. The average molecular weight is 390 g/mol. The molecule has 0 aliphatic carbocycles. The van der Waals surface area contributed by atoms with Crippen LogP contribution in [-0.2, 0) is 0 Å². The van der Waals surface area contributed by atoms with Gasteiger partial charge in [0.15, 0.2) is 0 Å². The first-order chi connectivity index (χ1) is 13.4. The first kappa shape index (κ1) is 19.5. The number of benzene rings is 3. The minimum absolute atomic E-state index is 0.0908. The van der Waals surface area contributed by atoms with Crippen molar-refractivity contribution in [1.29, 1.82) is 0 Å². The van der Waals surface area contributed by atoms with Gasteiger partial charge in [0.05, 0.1) is 11.1 Å². The van der Waals surface area contributed by atoms with Crippen molar-refractivity contribution >= 4 is 11.1 Å². The van der Waals surface area contributed by atoms with Crippen LogP contribution in [0.25, 0.3) is 11.1 Å². The van der Waals surface area contributed by atoms with E-state index in [-0.39, 0.29) is 22.3 Å². The molecule has 0 aliphatic heterocycles. The van der Waals surface area contributed by atoms with Crippen molar-refractivity contribution in [2.75, 3.05) is 0 Å². The van der Waals surface area contributed by atoms with Gasteiger partial charge in [-0.2, -0.15) is 17.6 Å². The lowest BCUT2D eigenvalue weighted by Gasteiger charge is -2.11. The van der Waals surface area contributed by atoms with Gasteiger partial charge in [-0.25, -0.2) is 8.78 Å². The van der Waals surface area contributed by atoms with Crippen LogP contribution in [0.15, 0.2) is 85.0 Å². The van der Waals surface area contributed by atoms with Crippen LogP contribution in [0.4, 0.5) is 26.3 Å². The number of hydrogen-bond donors (Lipinski definition) is 0. The Kier molecular flexibility index (Phi) is 5.68. The van der Waals surface area contributed by atoms with Gasteiger partial charge < -0.3 is 0 Å². The van der Waals surface area contributed by atoms with Crippen molar-refractivity contribution < 1.29 is 26.3 Å². The molecule has 0 spiro atoms. The molecule has 3 rings (SSSR count). The zero-order valence-electron chi connectivity index (χ0n) is 14.2. The maximum atomic E-state index is 13.5. The van der Waals surface area contributed by atoms with Crippen molar-refractivity contribution in [1.82, 2.24) is 0 Å². The second kappa shape index (κ2) is 8.17. The zero-order chi connectivity index (χ0) is 20.3. The summed E-state index contributed by atoms with van der Waals surface area (Å²) in [6.45, 7) is 0. The van der Waals surface area contributed by atoms with E-state index in [0.717, 1.165) is 24.3 Å². The fourth-order valence-corrected chi connectivity index (χ4v) is 2.81. The van der Waals surface area contributed by atoms with Gasteiger partial charge in [-0.3, -0.25) is 0 Å². The molecule has 0 heterocycles. The van der Waals surface area contributed by atoms with Gasteiger partial charge >= 0.3 is 0 Å². The Morgan fingerprint density at radius 1 is 0.393 bits per heavy atom. The molecule has 6 heteroatoms. The predicted molar refractivity (Wildman–Crippen MR) is 95.7 cm³/mol. The highest BCUT2D eigenvalue weighted by Gasteiger charge is 2.16. The summed E-state index contributed by atoms with van der Waals surface area (Å²) in [7, 11) is 0. The van der Waals surface area contributed by atoms with Crippen molar-refractivity contribution in [3.8, 4) is 0 Å². The molecule has 0 unspecified atom stereocenters. The van der Waals surface area contributed by atoms with Crippen LogP contribution in [-0.4, -0.2) is 0 Å². The van der Waals surface area contributed by atoms with E-state index in [1.54, 1.807) is 0 Å². The second-order valence-corrected chi connectivity index (χ2v) is 5.86. The average Bonchev–Trinajstić information content (AvgIpc) is 2.66. The minimum atomic E-state index is -1.98. The van der Waals surface area contributed by atoms with Gasteiger partial charge in [0, 0.05) is 0 Å². The van der Waals surface area contributed by atoms with E-state index in [1.165, 1.54) is 48.5 Å². The molecule has 3 aromatic rings. The molecule has 3 aromatic carbocycles.